The summed E-state index contributed by atoms with van der Waals surface area (Å²) < 4.78 is 0. The second-order valence-electron chi connectivity index (χ2n) is 6.54. The Balaban J connectivity index is 2.65. The SMILES string of the molecule is C=CCCCCCC(NCC)C(CC)(CC)N1CCCC1. The highest BCUT2D eigenvalue weighted by atomic mass is 15.2. The average Bonchev–Trinajstić information content (AvgIpc) is 3.03. The van der Waals surface area contributed by atoms with Gasteiger partial charge in [0, 0.05) is 11.6 Å². The molecule has 1 heterocycles. The number of likely N-dealkylation sites (tertiary alicyclic amines) is 1. The number of hydrogen-bond acceptors (Lipinski definition) is 2. The van der Waals surface area contributed by atoms with Gasteiger partial charge >= 0.3 is 0 Å². The van der Waals surface area contributed by atoms with E-state index in [0.717, 1.165) is 6.54 Å². The van der Waals surface area contributed by atoms with Crippen LogP contribution in [0.1, 0.15) is 78.6 Å². The molecule has 0 radical (unpaired) electrons. The number of likely N-dealkylation sites (N-methyl/N-ethyl adjacent to an activating group) is 1. The van der Waals surface area contributed by atoms with Crippen LogP contribution in [0, 0.1) is 0 Å². The van der Waals surface area contributed by atoms with Crippen LogP contribution in [-0.4, -0.2) is 36.1 Å². The molecule has 1 fully saturated rings. The first-order valence-electron chi connectivity index (χ1n) is 9.34. The highest BCUT2D eigenvalue weighted by molar-refractivity contribution is 5.00. The van der Waals surface area contributed by atoms with Crippen molar-refractivity contribution in [1.29, 1.82) is 0 Å². The van der Waals surface area contributed by atoms with Crippen molar-refractivity contribution in [2.45, 2.75) is 90.1 Å². The van der Waals surface area contributed by atoms with E-state index in [9.17, 15) is 0 Å². The number of rotatable bonds is 12. The molecule has 0 saturated carbocycles. The zero-order valence-corrected chi connectivity index (χ0v) is 14.8. The molecule has 1 aliphatic rings. The second kappa shape index (κ2) is 10.4. The number of unbranched alkanes of at least 4 members (excludes halogenated alkanes) is 3. The summed E-state index contributed by atoms with van der Waals surface area (Å²) in [6, 6.07) is 0.652. The summed E-state index contributed by atoms with van der Waals surface area (Å²) in [5.74, 6) is 0. The van der Waals surface area contributed by atoms with Gasteiger partial charge in [0.2, 0.25) is 0 Å². The zero-order valence-electron chi connectivity index (χ0n) is 14.8. The summed E-state index contributed by atoms with van der Waals surface area (Å²) >= 11 is 0. The fraction of sp³-hybridized carbons (Fsp3) is 0.895. The van der Waals surface area contributed by atoms with Gasteiger partial charge in [0.15, 0.2) is 0 Å². The van der Waals surface area contributed by atoms with Gasteiger partial charge in [-0.25, -0.2) is 0 Å². The van der Waals surface area contributed by atoms with E-state index in [-0.39, 0.29) is 0 Å². The van der Waals surface area contributed by atoms with Gasteiger partial charge in [-0.3, -0.25) is 4.90 Å². The van der Waals surface area contributed by atoms with Crippen molar-refractivity contribution >= 4 is 0 Å². The molecule has 1 unspecified atom stereocenters. The molecule has 1 atom stereocenters. The minimum atomic E-state index is 0.380. The third kappa shape index (κ3) is 5.10. The molecular formula is C19H38N2. The topological polar surface area (TPSA) is 15.3 Å². The lowest BCUT2D eigenvalue weighted by Crippen LogP contribution is -2.60. The van der Waals surface area contributed by atoms with Gasteiger partial charge in [-0.05, 0) is 64.6 Å². The molecule has 1 rings (SSSR count). The Labute approximate surface area is 133 Å². The summed E-state index contributed by atoms with van der Waals surface area (Å²) in [4.78, 5) is 2.80. The molecule has 0 aromatic rings. The summed E-state index contributed by atoms with van der Waals surface area (Å²) in [6.07, 6.45) is 13.9. The van der Waals surface area contributed by atoms with Crippen molar-refractivity contribution in [3.05, 3.63) is 12.7 Å². The van der Waals surface area contributed by atoms with E-state index >= 15 is 0 Å². The van der Waals surface area contributed by atoms with E-state index in [1.807, 2.05) is 6.08 Å². The molecule has 1 aliphatic heterocycles. The molecule has 21 heavy (non-hydrogen) atoms. The highest BCUT2D eigenvalue weighted by Gasteiger charge is 2.41. The number of allylic oxidation sites excluding steroid dienone is 1. The van der Waals surface area contributed by atoms with Gasteiger partial charge in [0.1, 0.15) is 0 Å². The van der Waals surface area contributed by atoms with Gasteiger partial charge in [-0.15, -0.1) is 6.58 Å². The maximum atomic E-state index is 3.83. The molecule has 124 valence electrons. The molecule has 1 N–H and O–H groups in total. The van der Waals surface area contributed by atoms with Crippen LogP contribution >= 0.6 is 0 Å². The minimum absolute atomic E-state index is 0.380. The first-order valence-corrected chi connectivity index (χ1v) is 9.34. The molecule has 0 bridgehead atoms. The molecule has 0 aliphatic carbocycles. The lowest BCUT2D eigenvalue weighted by atomic mass is 9.80. The highest BCUT2D eigenvalue weighted by Crippen LogP contribution is 2.33. The molecule has 2 heteroatoms. The van der Waals surface area contributed by atoms with Crippen LogP contribution in [0.4, 0.5) is 0 Å². The van der Waals surface area contributed by atoms with E-state index in [4.69, 9.17) is 0 Å². The first kappa shape index (κ1) is 18.7. The number of nitrogens with one attached hydrogen (secondary N) is 1. The van der Waals surface area contributed by atoms with Crippen LogP contribution in [0.2, 0.25) is 0 Å². The normalized spacial score (nSPS) is 18.0. The van der Waals surface area contributed by atoms with Crippen LogP contribution in [-0.2, 0) is 0 Å². The van der Waals surface area contributed by atoms with Crippen molar-refractivity contribution in [2.75, 3.05) is 19.6 Å². The summed E-state index contributed by atoms with van der Waals surface area (Å²) in [5, 5.41) is 3.83. The third-order valence-electron chi connectivity index (χ3n) is 5.46. The maximum absolute atomic E-state index is 3.83. The van der Waals surface area contributed by atoms with E-state index < -0.39 is 0 Å². The van der Waals surface area contributed by atoms with Crippen molar-refractivity contribution in [1.82, 2.24) is 10.2 Å². The first-order chi connectivity index (χ1) is 10.2. The van der Waals surface area contributed by atoms with E-state index in [2.05, 4.69) is 37.6 Å². The molecule has 2 nitrogen and oxygen atoms in total. The molecule has 0 aromatic carbocycles. The Morgan fingerprint density at radius 2 is 1.76 bits per heavy atom. The monoisotopic (exact) mass is 294 g/mol. The fourth-order valence-electron chi connectivity index (χ4n) is 4.19. The van der Waals surface area contributed by atoms with Crippen LogP contribution in [0.5, 0.6) is 0 Å². The molecule has 0 amide bonds. The smallest absolute Gasteiger partial charge is 0.0357 e. The largest absolute Gasteiger partial charge is 0.312 e. The van der Waals surface area contributed by atoms with Gasteiger partial charge in [-0.1, -0.05) is 39.7 Å². The van der Waals surface area contributed by atoms with Crippen molar-refractivity contribution < 1.29 is 0 Å². The fourth-order valence-corrected chi connectivity index (χ4v) is 4.19. The molecule has 0 spiro atoms. The van der Waals surface area contributed by atoms with Crippen LogP contribution in [0.15, 0.2) is 12.7 Å². The van der Waals surface area contributed by atoms with E-state index in [0.29, 0.717) is 11.6 Å². The van der Waals surface area contributed by atoms with E-state index in [1.54, 1.807) is 0 Å². The number of nitrogens with zero attached hydrogens (tertiary/aromatic N) is 1. The molecule has 0 aromatic heterocycles. The van der Waals surface area contributed by atoms with Crippen molar-refractivity contribution in [3.63, 3.8) is 0 Å². The van der Waals surface area contributed by atoms with Gasteiger partial charge in [0.05, 0.1) is 0 Å². The van der Waals surface area contributed by atoms with Crippen LogP contribution in [0.3, 0.4) is 0 Å². The average molecular weight is 295 g/mol. The molecular weight excluding hydrogens is 256 g/mol. The van der Waals surface area contributed by atoms with Crippen molar-refractivity contribution in [2.24, 2.45) is 0 Å². The maximum Gasteiger partial charge on any atom is 0.0357 e. The Morgan fingerprint density at radius 1 is 1.10 bits per heavy atom. The third-order valence-corrected chi connectivity index (χ3v) is 5.46. The summed E-state index contributed by atoms with van der Waals surface area (Å²) in [7, 11) is 0. The van der Waals surface area contributed by atoms with Crippen molar-refractivity contribution in [3.8, 4) is 0 Å². The number of hydrogen-bond donors (Lipinski definition) is 1. The second-order valence-corrected chi connectivity index (χ2v) is 6.54. The van der Waals surface area contributed by atoms with Crippen LogP contribution in [0.25, 0.3) is 0 Å². The summed E-state index contributed by atoms with van der Waals surface area (Å²) in [6.45, 7) is 14.6. The Hall–Kier alpha value is -0.340. The lowest BCUT2D eigenvalue weighted by Gasteiger charge is -2.47. The van der Waals surface area contributed by atoms with Gasteiger partial charge in [0.25, 0.3) is 0 Å². The zero-order chi connectivity index (χ0) is 15.6. The minimum Gasteiger partial charge on any atom is -0.312 e. The Bertz CT molecular complexity index is 265. The predicted molar refractivity (Wildman–Crippen MR) is 94.9 cm³/mol. The molecule has 1 saturated heterocycles. The predicted octanol–water partition coefficient (Wildman–Crippen LogP) is 4.76. The quantitative estimate of drug-likeness (QED) is 0.412. The van der Waals surface area contributed by atoms with Gasteiger partial charge < -0.3 is 5.32 Å². The Morgan fingerprint density at radius 3 is 2.29 bits per heavy atom. The van der Waals surface area contributed by atoms with Crippen LogP contribution < -0.4 is 5.32 Å². The van der Waals surface area contributed by atoms with Gasteiger partial charge in [-0.2, -0.15) is 0 Å². The Kier molecular flexibility index (Phi) is 9.26. The summed E-state index contributed by atoms with van der Waals surface area (Å²) in [5.41, 5.74) is 0.380. The lowest BCUT2D eigenvalue weighted by molar-refractivity contribution is 0.0582. The van der Waals surface area contributed by atoms with E-state index in [1.165, 1.54) is 70.9 Å². The standard InChI is InChI=1S/C19H38N2/c1-5-9-10-11-12-15-18(20-8-4)19(6-2,7-3)21-16-13-14-17-21/h5,18,20H,1,6-17H2,2-4H3.